The van der Waals surface area contributed by atoms with Gasteiger partial charge in [-0.25, -0.2) is 14.8 Å². The SMILES string of the molecule is CCC1C(N)C(c2ncc(N3CCOCC3)c(Cc3cc(C(F)(F)F)cc(C(F)(F)F)c3)n2)c2cc(C(F)(F)F)ccc2N1C(=O)O. The molecule has 3 aromatic rings. The number of aromatic nitrogens is 2. The summed E-state index contributed by atoms with van der Waals surface area (Å²) in [6.07, 6.45) is -15.6. The van der Waals surface area contributed by atoms with Gasteiger partial charge in [0.05, 0.1) is 65.1 Å². The van der Waals surface area contributed by atoms with Crippen LogP contribution in [0.2, 0.25) is 0 Å². The smallest absolute Gasteiger partial charge is 0.416 e. The van der Waals surface area contributed by atoms with Gasteiger partial charge in [-0.15, -0.1) is 0 Å². The fourth-order valence-corrected chi connectivity index (χ4v) is 6.08. The van der Waals surface area contributed by atoms with Crippen LogP contribution in [0.15, 0.2) is 42.6 Å². The molecule has 2 aliphatic rings. The van der Waals surface area contributed by atoms with Gasteiger partial charge in [0.2, 0.25) is 0 Å². The summed E-state index contributed by atoms with van der Waals surface area (Å²) in [6.45, 7) is 2.73. The first-order valence-corrected chi connectivity index (χ1v) is 14.4. The third kappa shape index (κ3) is 6.95. The van der Waals surface area contributed by atoms with Gasteiger partial charge in [-0.1, -0.05) is 6.92 Å². The summed E-state index contributed by atoms with van der Waals surface area (Å²) in [4.78, 5) is 23.8. The number of amides is 1. The molecule has 2 aliphatic heterocycles. The lowest BCUT2D eigenvalue weighted by atomic mass is 9.79. The molecule has 0 spiro atoms. The Morgan fingerprint density at radius 2 is 1.51 bits per heavy atom. The van der Waals surface area contributed by atoms with Gasteiger partial charge in [-0.2, -0.15) is 39.5 Å². The standard InChI is InChI=1S/C30H28F9N5O3/c1-2-21-25(40)24(19-13-16(28(31,32)33)3-4-22(19)44(21)27(45)46)26-41-14-23(43-5-7-47-8-6-43)20(42-26)11-15-9-17(29(34,35)36)12-18(10-15)30(37,38)39/h3-4,9-10,12-14,21,24-25H,2,5-8,11,40H2,1H3,(H,45,46). The van der Waals surface area contributed by atoms with Crippen molar-refractivity contribution in [2.75, 3.05) is 36.1 Å². The lowest BCUT2D eigenvalue weighted by Crippen LogP contribution is -2.56. The summed E-state index contributed by atoms with van der Waals surface area (Å²) >= 11 is 0. The number of hydrogen-bond donors (Lipinski definition) is 2. The fourth-order valence-electron chi connectivity index (χ4n) is 6.08. The molecule has 1 amide bonds. The van der Waals surface area contributed by atoms with Gasteiger partial charge < -0.3 is 20.5 Å². The minimum Gasteiger partial charge on any atom is -0.465 e. The van der Waals surface area contributed by atoms with Crippen molar-refractivity contribution in [3.8, 4) is 0 Å². The van der Waals surface area contributed by atoms with Crippen LogP contribution >= 0.6 is 0 Å². The van der Waals surface area contributed by atoms with E-state index in [0.717, 1.165) is 23.1 Å². The van der Waals surface area contributed by atoms with Crippen LogP contribution in [-0.2, 0) is 29.7 Å². The number of carboxylic acid groups (broad SMARTS) is 1. The molecule has 47 heavy (non-hydrogen) atoms. The molecular weight excluding hydrogens is 649 g/mol. The van der Waals surface area contributed by atoms with E-state index in [9.17, 15) is 49.4 Å². The average Bonchev–Trinajstić information content (AvgIpc) is 2.99. The van der Waals surface area contributed by atoms with Crippen molar-refractivity contribution in [2.24, 2.45) is 5.73 Å². The molecule has 3 unspecified atom stereocenters. The monoisotopic (exact) mass is 677 g/mol. The first kappa shape index (κ1) is 34.2. The van der Waals surface area contributed by atoms with Crippen LogP contribution in [-0.4, -0.2) is 59.6 Å². The highest BCUT2D eigenvalue weighted by Gasteiger charge is 2.45. The molecule has 5 rings (SSSR count). The highest BCUT2D eigenvalue weighted by atomic mass is 19.4. The van der Waals surface area contributed by atoms with Gasteiger partial charge in [-0.05, 0) is 53.9 Å². The molecule has 0 radical (unpaired) electrons. The van der Waals surface area contributed by atoms with Crippen molar-refractivity contribution >= 4 is 17.5 Å². The maximum absolute atomic E-state index is 13.8. The fraction of sp³-hybridized carbons (Fsp3) is 0.433. The third-order valence-electron chi connectivity index (χ3n) is 8.25. The number of fused-ring (bicyclic) bond motifs is 1. The van der Waals surface area contributed by atoms with E-state index in [1.165, 1.54) is 6.20 Å². The number of anilines is 2. The third-order valence-corrected chi connectivity index (χ3v) is 8.25. The Labute approximate surface area is 262 Å². The molecule has 3 N–H and O–H groups in total. The molecule has 254 valence electrons. The van der Waals surface area contributed by atoms with E-state index in [0.29, 0.717) is 12.1 Å². The Bertz CT molecular complexity index is 1610. The Morgan fingerprint density at radius 1 is 0.915 bits per heavy atom. The minimum absolute atomic E-state index is 0.00112. The highest BCUT2D eigenvalue weighted by Crippen LogP contribution is 2.45. The number of benzene rings is 2. The van der Waals surface area contributed by atoms with Gasteiger partial charge in [0.25, 0.3) is 0 Å². The van der Waals surface area contributed by atoms with Crippen LogP contribution in [0.4, 0.5) is 55.7 Å². The largest absolute Gasteiger partial charge is 0.465 e. The molecule has 17 heteroatoms. The first-order chi connectivity index (χ1) is 21.9. The Kier molecular flexibility index (Phi) is 9.09. The number of halogens is 9. The van der Waals surface area contributed by atoms with Crippen molar-refractivity contribution in [2.45, 2.75) is 56.3 Å². The number of morpholine rings is 1. The van der Waals surface area contributed by atoms with E-state index in [1.807, 2.05) is 0 Å². The average molecular weight is 678 g/mol. The molecule has 3 heterocycles. The summed E-state index contributed by atoms with van der Waals surface area (Å²) in [7, 11) is 0. The van der Waals surface area contributed by atoms with Crippen molar-refractivity contribution in [1.82, 2.24) is 9.97 Å². The summed E-state index contributed by atoms with van der Waals surface area (Å²) in [5.41, 5.74) is 2.07. The molecule has 0 bridgehead atoms. The first-order valence-electron chi connectivity index (χ1n) is 14.4. The van der Waals surface area contributed by atoms with E-state index < -0.39 is 65.7 Å². The zero-order valence-electron chi connectivity index (χ0n) is 24.5. The number of ether oxygens (including phenoxy) is 1. The molecule has 8 nitrogen and oxygen atoms in total. The molecule has 1 saturated heterocycles. The topological polar surface area (TPSA) is 105 Å². The highest BCUT2D eigenvalue weighted by molar-refractivity contribution is 5.89. The number of rotatable bonds is 5. The zero-order valence-corrected chi connectivity index (χ0v) is 24.5. The Balaban J connectivity index is 1.70. The molecule has 1 fully saturated rings. The summed E-state index contributed by atoms with van der Waals surface area (Å²) in [6, 6.07) is 1.54. The Morgan fingerprint density at radius 3 is 2.04 bits per heavy atom. The summed E-state index contributed by atoms with van der Waals surface area (Å²) in [5.74, 6) is -1.39. The van der Waals surface area contributed by atoms with E-state index in [4.69, 9.17) is 10.5 Å². The minimum atomic E-state index is -5.10. The lowest BCUT2D eigenvalue weighted by Gasteiger charge is -2.43. The normalized spacial score (nSPS) is 20.7. The van der Waals surface area contributed by atoms with Gasteiger partial charge in [-0.3, -0.25) is 4.90 Å². The number of nitrogens with zero attached hydrogens (tertiary/aromatic N) is 4. The van der Waals surface area contributed by atoms with E-state index in [2.05, 4.69) is 9.97 Å². The quantitative estimate of drug-likeness (QED) is 0.290. The van der Waals surface area contributed by atoms with E-state index >= 15 is 0 Å². The second-order valence-corrected chi connectivity index (χ2v) is 11.2. The van der Waals surface area contributed by atoms with Crippen molar-refractivity contribution in [3.05, 3.63) is 81.9 Å². The van der Waals surface area contributed by atoms with Crippen molar-refractivity contribution < 1.29 is 54.2 Å². The molecule has 1 aromatic heterocycles. The van der Waals surface area contributed by atoms with Crippen molar-refractivity contribution in [1.29, 1.82) is 0 Å². The van der Waals surface area contributed by atoms with Gasteiger partial charge in [0.1, 0.15) is 5.82 Å². The number of carbonyl (C=O) groups is 1. The molecule has 0 saturated carbocycles. The van der Waals surface area contributed by atoms with Crippen LogP contribution in [0.5, 0.6) is 0 Å². The molecular formula is C30H28F9N5O3. The molecule has 0 aliphatic carbocycles. The van der Waals surface area contributed by atoms with Gasteiger partial charge in [0.15, 0.2) is 0 Å². The summed E-state index contributed by atoms with van der Waals surface area (Å²) < 4.78 is 129. The second-order valence-electron chi connectivity index (χ2n) is 11.2. The van der Waals surface area contributed by atoms with Crippen LogP contribution in [0.25, 0.3) is 0 Å². The van der Waals surface area contributed by atoms with Crippen molar-refractivity contribution in [3.63, 3.8) is 0 Å². The van der Waals surface area contributed by atoms with Crippen LogP contribution in [0.1, 0.15) is 58.6 Å². The zero-order chi connectivity index (χ0) is 34.5. The van der Waals surface area contributed by atoms with Crippen LogP contribution < -0.4 is 15.5 Å². The number of hydrogen-bond acceptors (Lipinski definition) is 6. The number of nitrogens with two attached hydrogens (primary N) is 1. The predicted octanol–water partition coefficient (Wildman–Crippen LogP) is 6.70. The summed E-state index contributed by atoms with van der Waals surface area (Å²) in [5, 5.41) is 9.98. The second kappa shape index (κ2) is 12.5. The molecule has 3 atom stereocenters. The predicted molar refractivity (Wildman–Crippen MR) is 150 cm³/mol. The van der Waals surface area contributed by atoms with Gasteiger partial charge in [0, 0.05) is 25.6 Å². The lowest BCUT2D eigenvalue weighted by molar-refractivity contribution is -0.143. The maximum atomic E-state index is 13.8. The maximum Gasteiger partial charge on any atom is 0.416 e. The van der Waals surface area contributed by atoms with Crippen LogP contribution in [0, 0.1) is 0 Å². The van der Waals surface area contributed by atoms with E-state index in [1.54, 1.807) is 11.8 Å². The van der Waals surface area contributed by atoms with Crippen LogP contribution in [0.3, 0.4) is 0 Å². The Hall–Kier alpha value is -4.12. The van der Waals surface area contributed by atoms with Gasteiger partial charge >= 0.3 is 24.6 Å². The van der Waals surface area contributed by atoms with E-state index in [-0.39, 0.29) is 72.8 Å². The number of alkyl halides is 9. The molecule has 2 aromatic carbocycles.